The summed E-state index contributed by atoms with van der Waals surface area (Å²) in [6.45, 7) is 0. The Morgan fingerprint density at radius 1 is 0.354 bits per heavy atom. The molecule has 0 spiro atoms. The van der Waals surface area contributed by atoms with Crippen LogP contribution in [0.2, 0.25) is 0 Å². The van der Waals surface area contributed by atoms with Gasteiger partial charge in [0.2, 0.25) is 0 Å². The molecule has 0 atom stereocenters. The molecule has 0 saturated carbocycles. The van der Waals surface area contributed by atoms with Crippen LogP contribution in [0.1, 0.15) is 0 Å². The second kappa shape index (κ2) is 11.8. The van der Waals surface area contributed by atoms with Gasteiger partial charge in [-0.25, -0.2) is 0 Å². The lowest BCUT2D eigenvalue weighted by molar-refractivity contribution is 0.673. The van der Waals surface area contributed by atoms with Crippen molar-refractivity contribution in [2.75, 3.05) is 4.90 Å². The average molecular weight is 614 g/mol. The fourth-order valence-electron chi connectivity index (χ4n) is 6.92. The molecule has 9 aromatic rings. The van der Waals surface area contributed by atoms with Gasteiger partial charge in [0.1, 0.15) is 11.2 Å². The van der Waals surface area contributed by atoms with Crippen LogP contribution in [0.4, 0.5) is 17.1 Å². The third-order valence-electron chi connectivity index (χ3n) is 9.27. The summed E-state index contributed by atoms with van der Waals surface area (Å²) in [5.74, 6) is 0. The summed E-state index contributed by atoms with van der Waals surface area (Å²) in [7, 11) is 0. The molecule has 1 aromatic heterocycles. The molecule has 1 heterocycles. The fourth-order valence-corrected chi connectivity index (χ4v) is 6.92. The summed E-state index contributed by atoms with van der Waals surface area (Å²) < 4.78 is 6.49. The van der Waals surface area contributed by atoms with Gasteiger partial charge in [0.05, 0.1) is 0 Å². The van der Waals surface area contributed by atoms with E-state index in [0.29, 0.717) is 0 Å². The van der Waals surface area contributed by atoms with Crippen LogP contribution in [0.15, 0.2) is 192 Å². The summed E-state index contributed by atoms with van der Waals surface area (Å²) in [5.41, 5.74) is 12.2. The van der Waals surface area contributed by atoms with Crippen molar-refractivity contribution in [3.63, 3.8) is 0 Å². The van der Waals surface area contributed by atoms with Crippen LogP contribution in [0.5, 0.6) is 0 Å². The number of rotatable bonds is 6. The molecular weight excluding hydrogens is 583 g/mol. The Balaban J connectivity index is 1.15. The second-order valence-corrected chi connectivity index (χ2v) is 12.2. The normalized spacial score (nSPS) is 11.3. The maximum absolute atomic E-state index is 6.49. The first-order chi connectivity index (χ1) is 23.8. The highest BCUT2D eigenvalue weighted by Gasteiger charge is 2.17. The molecule has 0 amide bonds. The van der Waals surface area contributed by atoms with Crippen molar-refractivity contribution in [3.05, 3.63) is 188 Å². The zero-order valence-electron chi connectivity index (χ0n) is 26.3. The summed E-state index contributed by atoms with van der Waals surface area (Å²) >= 11 is 0. The number of nitrogens with zero attached hydrogens (tertiary/aromatic N) is 1. The predicted octanol–water partition coefficient (Wildman–Crippen LogP) is 13.2. The third-order valence-corrected chi connectivity index (χ3v) is 9.27. The second-order valence-electron chi connectivity index (χ2n) is 12.2. The molecule has 0 aliphatic heterocycles. The van der Waals surface area contributed by atoms with Gasteiger partial charge >= 0.3 is 0 Å². The van der Waals surface area contributed by atoms with Crippen molar-refractivity contribution in [2.24, 2.45) is 0 Å². The lowest BCUT2D eigenvalue weighted by Gasteiger charge is -2.26. The van der Waals surface area contributed by atoms with E-state index in [1.807, 2.05) is 0 Å². The van der Waals surface area contributed by atoms with E-state index in [-0.39, 0.29) is 0 Å². The van der Waals surface area contributed by atoms with E-state index >= 15 is 0 Å². The average Bonchev–Trinajstić information content (AvgIpc) is 3.56. The predicted molar refractivity (Wildman–Crippen MR) is 202 cm³/mol. The summed E-state index contributed by atoms with van der Waals surface area (Å²) in [4.78, 5) is 2.34. The molecule has 0 N–H and O–H groups in total. The van der Waals surface area contributed by atoms with Crippen molar-refractivity contribution in [1.29, 1.82) is 0 Å². The highest BCUT2D eigenvalue weighted by atomic mass is 16.3. The molecule has 2 heteroatoms. The highest BCUT2D eigenvalue weighted by Crippen LogP contribution is 2.42. The van der Waals surface area contributed by atoms with Gasteiger partial charge < -0.3 is 9.32 Å². The van der Waals surface area contributed by atoms with Crippen molar-refractivity contribution in [3.8, 4) is 33.4 Å². The highest BCUT2D eigenvalue weighted by molar-refractivity contribution is 6.19. The Morgan fingerprint density at radius 2 is 0.938 bits per heavy atom. The first-order valence-corrected chi connectivity index (χ1v) is 16.3. The van der Waals surface area contributed by atoms with Gasteiger partial charge in [-0.1, -0.05) is 140 Å². The zero-order valence-corrected chi connectivity index (χ0v) is 26.3. The number of hydrogen-bond acceptors (Lipinski definition) is 2. The third kappa shape index (κ3) is 4.92. The Bertz CT molecular complexity index is 2530. The van der Waals surface area contributed by atoms with Crippen molar-refractivity contribution in [1.82, 2.24) is 0 Å². The zero-order chi connectivity index (χ0) is 31.9. The minimum atomic E-state index is 0.904. The SMILES string of the molecule is c1ccc(-c2ccc(N(c3ccc(-c4cccc5oc6c7ccccc7ccc6c45)cc3)c3cccc(-c4ccccc4)c3)cc2)cc1. The van der Waals surface area contributed by atoms with E-state index in [2.05, 4.69) is 193 Å². The van der Waals surface area contributed by atoms with E-state index in [9.17, 15) is 0 Å². The summed E-state index contributed by atoms with van der Waals surface area (Å²) in [6.07, 6.45) is 0. The minimum Gasteiger partial charge on any atom is -0.455 e. The van der Waals surface area contributed by atoms with Crippen LogP contribution in [-0.4, -0.2) is 0 Å². The molecular formula is C46H31NO. The molecule has 0 aliphatic carbocycles. The topological polar surface area (TPSA) is 16.4 Å². The fraction of sp³-hybridized carbons (Fsp3) is 0. The van der Waals surface area contributed by atoms with Gasteiger partial charge in [0.15, 0.2) is 0 Å². The Morgan fingerprint density at radius 3 is 1.67 bits per heavy atom. The van der Waals surface area contributed by atoms with Crippen LogP contribution in [0, 0.1) is 0 Å². The lowest BCUT2D eigenvalue weighted by atomic mass is 9.98. The number of anilines is 3. The smallest absolute Gasteiger partial charge is 0.143 e. The molecule has 0 radical (unpaired) electrons. The molecule has 0 bridgehead atoms. The van der Waals surface area contributed by atoms with Gasteiger partial charge in [0, 0.05) is 33.2 Å². The monoisotopic (exact) mass is 613 g/mol. The molecule has 0 saturated heterocycles. The van der Waals surface area contributed by atoms with Crippen molar-refractivity contribution >= 4 is 49.8 Å². The van der Waals surface area contributed by atoms with Crippen LogP contribution in [-0.2, 0) is 0 Å². The number of furan rings is 1. The Hall–Kier alpha value is -6.38. The number of benzene rings is 8. The molecule has 0 unspecified atom stereocenters. The van der Waals surface area contributed by atoms with Gasteiger partial charge in [-0.3, -0.25) is 0 Å². The van der Waals surface area contributed by atoms with Gasteiger partial charge in [-0.15, -0.1) is 0 Å². The van der Waals surface area contributed by atoms with Crippen LogP contribution in [0.3, 0.4) is 0 Å². The van der Waals surface area contributed by atoms with Crippen LogP contribution in [0.25, 0.3) is 66.1 Å². The van der Waals surface area contributed by atoms with Crippen molar-refractivity contribution in [2.45, 2.75) is 0 Å². The van der Waals surface area contributed by atoms with E-state index in [1.54, 1.807) is 0 Å². The standard InChI is InChI=1S/C46H31NO/c1-3-11-32(12-4-1)34-21-26-38(27-22-34)47(40-17-9-16-37(31-40)33-13-5-2-6-14-33)39-28-23-36(24-29-39)41-19-10-20-44-45(41)43-30-25-35-15-7-8-18-42(35)46(43)48-44/h1-31H. The summed E-state index contributed by atoms with van der Waals surface area (Å²) in [5, 5.41) is 4.61. The van der Waals surface area contributed by atoms with Gasteiger partial charge in [-0.2, -0.15) is 0 Å². The van der Waals surface area contributed by atoms with E-state index in [0.717, 1.165) is 55.5 Å². The van der Waals surface area contributed by atoms with E-state index in [4.69, 9.17) is 4.42 Å². The quantitative estimate of drug-likeness (QED) is 0.185. The van der Waals surface area contributed by atoms with Gasteiger partial charge in [-0.05, 0) is 87.3 Å². The lowest BCUT2D eigenvalue weighted by Crippen LogP contribution is -2.10. The van der Waals surface area contributed by atoms with Gasteiger partial charge in [0.25, 0.3) is 0 Å². The first-order valence-electron chi connectivity index (χ1n) is 16.3. The van der Waals surface area contributed by atoms with Crippen molar-refractivity contribution < 1.29 is 4.42 Å². The minimum absolute atomic E-state index is 0.904. The first kappa shape index (κ1) is 27.9. The molecule has 0 fully saturated rings. The molecule has 2 nitrogen and oxygen atoms in total. The molecule has 48 heavy (non-hydrogen) atoms. The maximum atomic E-state index is 6.49. The molecule has 9 rings (SSSR count). The largest absolute Gasteiger partial charge is 0.455 e. The number of fused-ring (bicyclic) bond motifs is 5. The maximum Gasteiger partial charge on any atom is 0.143 e. The van der Waals surface area contributed by atoms with Crippen LogP contribution >= 0.6 is 0 Å². The molecule has 226 valence electrons. The van der Waals surface area contributed by atoms with Crippen LogP contribution < -0.4 is 4.90 Å². The molecule has 8 aromatic carbocycles. The number of hydrogen-bond donors (Lipinski definition) is 0. The van der Waals surface area contributed by atoms with E-state index in [1.165, 1.54) is 27.6 Å². The molecule has 0 aliphatic rings. The van der Waals surface area contributed by atoms with E-state index < -0.39 is 0 Å². The Labute approximate surface area is 279 Å². The summed E-state index contributed by atoms with van der Waals surface area (Å²) in [6, 6.07) is 66.8. The Kier molecular flexibility index (Phi) is 6.84.